The van der Waals surface area contributed by atoms with Gasteiger partial charge >= 0.3 is 11.9 Å². The van der Waals surface area contributed by atoms with E-state index in [4.69, 9.17) is 5.11 Å². The first-order chi connectivity index (χ1) is 9.02. The number of aromatic nitrogens is 2. The van der Waals surface area contributed by atoms with Gasteiger partial charge in [0.15, 0.2) is 0 Å². The minimum Gasteiger partial charge on any atom is -0.481 e. The molecule has 8 nitrogen and oxygen atoms in total. The highest BCUT2D eigenvalue weighted by Crippen LogP contribution is 1.97. The lowest BCUT2D eigenvalue weighted by molar-refractivity contribution is -0.142. The van der Waals surface area contributed by atoms with Crippen LogP contribution in [0.4, 0.5) is 0 Å². The average molecular weight is 269 g/mol. The van der Waals surface area contributed by atoms with E-state index in [0.29, 0.717) is 0 Å². The van der Waals surface area contributed by atoms with E-state index in [1.165, 1.54) is 16.9 Å². The maximum atomic E-state index is 11.6. The first-order valence-electron chi connectivity index (χ1n) is 5.72. The molecular weight excluding hydrogens is 254 g/mol. The Balaban J connectivity index is 2.44. The summed E-state index contributed by atoms with van der Waals surface area (Å²) >= 11 is 0. The number of nitrogens with zero attached hydrogens (tertiary/aromatic N) is 2. The van der Waals surface area contributed by atoms with Crippen LogP contribution in [0.5, 0.6) is 0 Å². The Morgan fingerprint density at radius 3 is 2.84 bits per heavy atom. The van der Waals surface area contributed by atoms with Crippen molar-refractivity contribution < 1.29 is 24.2 Å². The van der Waals surface area contributed by atoms with Crippen LogP contribution in [0.1, 0.15) is 23.8 Å². The molecule has 8 heteroatoms. The highest BCUT2D eigenvalue weighted by molar-refractivity contribution is 5.94. The van der Waals surface area contributed by atoms with Crippen LogP contribution < -0.4 is 5.32 Å². The molecule has 0 radical (unpaired) electrons. The van der Waals surface area contributed by atoms with Gasteiger partial charge in [-0.25, -0.2) is 0 Å². The summed E-state index contributed by atoms with van der Waals surface area (Å²) in [5, 5.41) is 14.8. The van der Waals surface area contributed by atoms with Crippen LogP contribution >= 0.6 is 0 Å². The predicted octanol–water partition coefficient (Wildman–Crippen LogP) is -0.349. The molecule has 0 saturated heterocycles. The molecule has 0 saturated carbocycles. The number of amides is 1. The van der Waals surface area contributed by atoms with Crippen LogP contribution in [-0.4, -0.2) is 45.9 Å². The molecular formula is C11H15N3O5. The Bertz CT molecular complexity index is 469. The third-order valence-corrected chi connectivity index (χ3v) is 2.13. The van der Waals surface area contributed by atoms with Gasteiger partial charge in [-0.15, -0.1) is 0 Å². The van der Waals surface area contributed by atoms with Gasteiger partial charge in [-0.3, -0.25) is 19.1 Å². The molecule has 1 heterocycles. The quantitative estimate of drug-likeness (QED) is 0.655. The van der Waals surface area contributed by atoms with Crippen molar-refractivity contribution in [1.82, 2.24) is 15.1 Å². The number of aliphatic carboxylic acids is 1. The fraction of sp³-hybridized carbons (Fsp3) is 0.455. The van der Waals surface area contributed by atoms with Crippen molar-refractivity contribution in [2.45, 2.75) is 19.9 Å². The number of hydrogen-bond donors (Lipinski definition) is 2. The van der Waals surface area contributed by atoms with Crippen molar-refractivity contribution in [3.8, 4) is 0 Å². The topological polar surface area (TPSA) is 111 Å². The van der Waals surface area contributed by atoms with E-state index in [2.05, 4.69) is 15.2 Å². The number of nitrogens with one attached hydrogen (secondary N) is 1. The smallest absolute Gasteiger partial charge is 0.325 e. The lowest BCUT2D eigenvalue weighted by Crippen LogP contribution is -2.31. The average Bonchev–Trinajstić information content (AvgIpc) is 2.82. The van der Waals surface area contributed by atoms with Gasteiger partial charge < -0.3 is 15.2 Å². The summed E-state index contributed by atoms with van der Waals surface area (Å²) in [7, 11) is 0. The van der Waals surface area contributed by atoms with E-state index in [1.54, 1.807) is 6.92 Å². The number of hydrogen-bond acceptors (Lipinski definition) is 5. The maximum absolute atomic E-state index is 11.6. The molecule has 0 aliphatic heterocycles. The van der Waals surface area contributed by atoms with E-state index in [9.17, 15) is 14.4 Å². The number of rotatable bonds is 7. The fourth-order valence-corrected chi connectivity index (χ4v) is 1.27. The molecule has 1 aromatic heterocycles. The molecule has 2 N–H and O–H groups in total. The van der Waals surface area contributed by atoms with Gasteiger partial charge in [-0.2, -0.15) is 5.10 Å². The fourth-order valence-electron chi connectivity index (χ4n) is 1.27. The van der Waals surface area contributed by atoms with Gasteiger partial charge in [0.05, 0.1) is 19.6 Å². The second-order valence-electron chi connectivity index (χ2n) is 3.60. The van der Waals surface area contributed by atoms with Crippen molar-refractivity contribution in [2.75, 3.05) is 13.2 Å². The molecule has 104 valence electrons. The van der Waals surface area contributed by atoms with Crippen LogP contribution in [0.15, 0.2) is 12.3 Å². The van der Waals surface area contributed by atoms with Crippen molar-refractivity contribution in [2.24, 2.45) is 0 Å². The van der Waals surface area contributed by atoms with Crippen molar-refractivity contribution >= 4 is 17.8 Å². The predicted molar refractivity (Wildman–Crippen MR) is 63.4 cm³/mol. The minimum atomic E-state index is -0.941. The van der Waals surface area contributed by atoms with Crippen molar-refractivity contribution in [1.29, 1.82) is 0 Å². The maximum Gasteiger partial charge on any atom is 0.325 e. The van der Waals surface area contributed by atoms with Gasteiger partial charge in [0, 0.05) is 6.20 Å². The number of ether oxygens (including phenoxy) is 1. The second kappa shape index (κ2) is 7.14. The number of esters is 1. The molecule has 1 aromatic rings. The second-order valence-corrected chi connectivity index (χ2v) is 3.60. The minimum absolute atomic E-state index is 0.0778. The first-order valence-corrected chi connectivity index (χ1v) is 5.72. The molecule has 1 amide bonds. The van der Waals surface area contributed by atoms with Gasteiger partial charge in [-0.1, -0.05) is 0 Å². The SMILES string of the molecule is CCOC(=O)CNC(=O)c1ccn(CCC(=O)O)n1. The highest BCUT2D eigenvalue weighted by Gasteiger charge is 2.11. The molecule has 0 aromatic carbocycles. The summed E-state index contributed by atoms with van der Waals surface area (Å²) in [6.45, 7) is 1.87. The molecule has 19 heavy (non-hydrogen) atoms. The van der Waals surface area contributed by atoms with Gasteiger partial charge in [0.25, 0.3) is 5.91 Å². The lowest BCUT2D eigenvalue weighted by atomic mass is 10.4. The van der Waals surface area contributed by atoms with E-state index < -0.39 is 17.8 Å². The highest BCUT2D eigenvalue weighted by atomic mass is 16.5. The summed E-state index contributed by atoms with van der Waals surface area (Å²) in [6.07, 6.45) is 1.42. The van der Waals surface area contributed by atoms with Crippen LogP contribution in [0.2, 0.25) is 0 Å². The third-order valence-electron chi connectivity index (χ3n) is 2.13. The summed E-state index contributed by atoms with van der Waals surface area (Å²) in [5.74, 6) is -1.98. The van der Waals surface area contributed by atoms with E-state index in [0.717, 1.165) is 0 Å². The van der Waals surface area contributed by atoms with E-state index >= 15 is 0 Å². The largest absolute Gasteiger partial charge is 0.481 e. The molecule has 0 fully saturated rings. The molecule has 0 bridgehead atoms. The lowest BCUT2D eigenvalue weighted by Gasteiger charge is -2.02. The van der Waals surface area contributed by atoms with Gasteiger partial charge in [-0.05, 0) is 13.0 Å². The molecule has 0 atom stereocenters. The Kier molecular flexibility index (Phi) is 5.52. The molecule has 0 aliphatic rings. The molecule has 0 unspecified atom stereocenters. The molecule has 0 aliphatic carbocycles. The third kappa shape index (κ3) is 5.19. The standard InChI is InChI=1S/C11H15N3O5/c1-2-19-10(17)7-12-11(18)8-3-5-14(13-8)6-4-9(15)16/h3,5H,2,4,6-7H2,1H3,(H,12,18)(H,15,16). The molecule has 1 rings (SSSR count). The Morgan fingerprint density at radius 2 is 2.21 bits per heavy atom. The summed E-state index contributed by atoms with van der Waals surface area (Å²) in [5.41, 5.74) is 0.120. The Hall–Kier alpha value is -2.38. The number of carbonyl (C=O) groups excluding carboxylic acids is 2. The van der Waals surface area contributed by atoms with E-state index in [-0.39, 0.29) is 31.8 Å². The number of carboxylic acid groups (broad SMARTS) is 1. The number of carboxylic acids is 1. The van der Waals surface area contributed by atoms with Gasteiger partial charge in [0.2, 0.25) is 0 Å². The summed E-state index contributed by atoms with van der Waals surface area (Å²) in [4.78, 5) is 33.0. The van der Waals surface area contributed by atoms with Crippen LogP contribution in [0, 0.1) is 0 Å². The first kappa shape index (κ1) is 14.7. The van der Waals surface area contributed by atoms with Gasteiger partial charge in [0.1, 0.15) is 12.2 Å². The Labute approximate surface area is 109 Å². The number of aryl methyl sites for hydroxylation is 1. The monoisotopic (exact) mass is 269 g/mol. The molecule has 0 spiro atoms. The van der Waals surface area contributed by atoms with Crippen LogP contribution in [-0.2, 0) is 20.9 Å². The van der Waals surface area contributed by atoms with Crippen LogP contribution in [0.25, 0.3) is 0 Å². The van der Waals surface area contributed by atoms with Crippen molar-refractivity contribution in [3.63, 3.8) is 0 Å². The Morgan fingerprint density at radius 1 is 1.47 bits per heavy atom. The zero-order chi connectivity index (χ0) is 14.3. The number of carbonyl (C=O) groups is 3. The van der Waals surface area contributed by atoms with E-state index in [1.807, 2.05) is 0 Å². The normalized spacial score (nSPS) is 9.95. The van der Waals surface area contributed by atoms with Crippen molar-refractivity contribution in [3.05, 3.63) is 18.0 Å². The van der Waals surface area contributed by atoms with Crippen LogP contribution in [0.3, 0.4) is 0 Å². The zero-order valence-corrected chi connectivity index (χ0v) is 10.5. The summed E-state index contributed by atoms with van der Waals surface area (Å²) < 4.78 is 6.01. The zero-order valence-electron chi connectivity index (χ0n) is 10.5. The summed E-state index contributed by atoms with van der Waals surface area (Å²) in [6, 6.07) is 1.45.